The summed E-state index contributed by atoms with van der Waals surface area (Å²) < 4.78 is 11.0. The normalized spacial score (nSPS) is 11.1. The molecule has 0 aliphatic carbocycles. The molecule has 0 aliphatic rings. The summed E-state index contributed by atoms with van der Waals surface area (Å²) in [5.41, 5.74) is 1.71. The minimum absolute atomic E-state index is 0.0507. The number of nitro groups is 1. The van der Waals surface area contributed by atoms with Gasteiger partial charge in [0.25, 0.3) is 0 Å². The summed E-state index contributed by atoms with van der Waals surface area (Å²) in [6, 6.07) is 14.9. The number of benzene rings is 2. The predicted molar refractivity (Wildman–Crippen MR) is 84.4 cm³/mol. The molecule has 114 valence electrons. The summed E-state index contributed by atoms with van der Waals surface area (Å²) in [6.45, 7) is 1.83. The van der Waals surface area contributed by atoms with Gasteiger partial charge < -0.3 is 9.47 Å². The van der Waals surface area contributed by atoms with E-state index in [4.69, 9.17) is 9.47 Å². The van der Waals surface area contributed by atoms with Gasteiger partial charge in [-0.3, -0.25) is 10.1 Å². The minimum atomic E-state index is -0.425. The first-order valence-electron chi connectivity index (χ1n) is 6.77. The molecule has 22 heavy (non-hydrogen) atoms. The van der Waals surface area contributed by atoms with E-state index in [0.29, 0.717) is 23.7 Å². The molecule has 0 saturated carbocycles. The fraction of sp³-hybridized carbons (Fsp3) is 0.176. The lowest BCUT2D eigenvalue weighted by atomic mass is 10.1. The van der Waals surface area contributed by atoms with Gasteiger partial charge in [-0.25, -0.2) is 0 Å². The molecule has 0 saturated heterocycles. The van der Waals surface area contributed by atoms with Gasteiger partial charge in [0.2, 0.25) is 5.70 Å². The first-order chi connectivity index (χ1) is 10.6. The predicted octanol–water partition coefficient (Wildman–Crippen LogP) is 3.91. The number of allylic oxidation sites excluding steroid dienone is 1. The third kappa shape index (κ3) is 4.09. The van der Waals surface area contributed by atoms with Crippen LogP contribution >= 0.6 is 0 Å². The number of methoxy groups -OCH3 is 1. The maximum Gasteiger partial charge on any atom is 0.243 e. The summed E-state index contributed by atoms with van der Waals surface area (Å²) in [7, 11) is 1.56. The van der Waals surface area contributed by atoms with E-state index in [2.05, 4.69) is 0 Å². The largest absolute Gasteiger partial charge is 0.497 e. The maximum absolute atomic E-state index is 10.8. The van der Waals surface area contributed by atoms with E-state index in [1.807, 2.05) is 30.3 Å². The van der Waals surface area contributed by atoms with Gasteiger partial charge in [0.05, 0.1) is 12.0 Å². The van der Waals surface area contributed by atoms with Gasteiger partial charge in [-0.15, -0.1) is 0 Å². The van der Waals surface area contributed by atoms with Crippen LogP contribution in [0.2, 0.25) is 0 Å². The second-order valence-electron chi connectivity index (χ2n) is 4.72. The molecule has 0 bridgehead atoms. The van der Waals surface area contributed by atoms with Crippen LogP contribution in [0, 0.1) is 10.1 Å². The van der Waals surface area contributed by atoms with Crippen LogP contribution in [0.4, 0.5) is 0 Å². The van der Waals surface area contributed by atoms with E-state index < -0.39 is 4.92 Å². The van der Waals surface area contributed by atoms with Crippen LogP contribution in [-0.4, -0.2) is 12.0 Å². The molecule has 0 fully saturated rings. The highest BCUT2D eigenvalue weighted by Gasteiger charge is 2.09. The van der Waals surface area contributed by atoms with Gasteiger partial charge >= 0.3 is 0 Å². The Morgan fingerprint density at radius 1 is 1.23 bits per heavy atom. The lowest BCUT2D eigenvalue weighted by molar-refractivity contribution is -0.422. The third-order valence-electron chi connectivity index (χ3n) is 3.11. The summed E-state index contributed by atoms with van der Waals surface area (Å²) in [4.78, 5) is 10.4. The molecule has 0 atom stereocenters. The van der Waals surface area contributed by atoms with Crippen LogP contribution in [0.5, 0.6) is 11.5 Å². The van der Waals surface area contributed by atoms with Crippen molar-refractivity contribution in [2.75, 3.05) is 7.11 Å². The summed E-state index contributed by atoms with van der Waals surface area (Å²) in [5.74, 6) is 1.18. The molecule has 0 N–H and O–H groups in total. The Kier molecular flexibility index (Phi) is 5.14. The van der Waals surface area contributed by atoms with E-state index in [-0.39, 0.29) is 5.70 Å². The summed E-state index contributed by atoms with van der Waals surface area (Å²) >= 11 is 0. The average molecular weight is 299 g/mol. The van der Waals surface area contributed by atoms with Crippen molar-refractivity contribution >= 4 is 6.08 Å². The Morgan fingerprint density at radius 2 is 1.95 bits per heavy atom. The molecule has 0 spiro atoms. The van der Waals surface area contributed by atoms with Crippen LogP contribution in [0.3, 0.4) is 0 Å². The second kappa shape index (κ2) is 7.26. The first-order valence-corrected chi connectivity index (χ1v) is 6.77. The lowest BCUT2D eigenvalue weighted by Crippen LogP contribution is -1.99. The fourth-order valence-electron chi connectivity index (χ4n) is 1.90. The number of rotatable bonds is 6. The summed E-state index contributed by atoms with van der Waals surface area (Å²) in [6.07, 6.45) is 1.49. The van der Waals surface area contributed by atoms with Crippen LogP contribution < -0.4 is 9.47 Å². The Labute approximate surface area is 129 Å². The van der Waals surface area contributed by atoms with Gasteiger partial charge in [0.1, 0.15) is 18.1 Å². The number of hydrogen-bond acceptors (Lipinski definition) is 4. The van der Waals surface area contributed by atoms with Crippen molar-refractivity contribution in [3.05, 3.63) is 75.5 Å². The zero-order valence-corrected chi connectivity index (χ0v) is 12.5. The zero-order chi connectivity index (χ0) is 15.9. The highest BCUT2D eigenvalue weighted by Crippen LogP contribution is 2.27. The molecule has 0 heterocycles. The van der Waals surface area contributed by atoms with E-state index in [1.165, 1.54) is 13.0 Å². The van der Waals surface area contributed by atoms with E-state index in [0.717, 1.165) is 5.56 Å². The number of nitrogens with zero attached hydrogens (tertiary/aromatic N) is 1. The van der Waals surface area contributed by atoms with Crippen molar-refractivity contribution < 1.29 is 14.4 Å². The first kappa shape index (κ1) is 15.6. The van der Waals surface area contributed by atoms with Crippen molar-refractivity contribution in [1.82, 2.24) is 0 Å². The maximum atomic E-state index is 10.8. The van der Waals surface area contributed by atoms with E-state index >= 15 is 0 Å². The standard InChI is InChI=1S/C17H17NO4/c1-13(18(19)20)10-15-8-9-16(21-2)11-17(15)22-12-14-6-4-3-5-7-14/h3-11H,12H2,1-2H3/b13-10+. The Bertz CT molecular complexity index is 680. The summed E-state index contributed by atoms with van der Waals surface area (Å²) in [5, 5.41) is 10.8. The molecular weight excluding hydrogens is 282 g/mol. The second-order valence-corrected chi connectivity index (χ2v) is 4.72. The quantitative estimate of drug-likeness (QED) is 0.599. The molecule has 0 radical (unpaired) electrons. The Hall–Kier alpha value is -2.82. The number of ether oxygens (including phenoxy) is 2. The van der Waals surface area contributed by atoms with Crippen LogP contribution in [0.25, 0.3) is 6.08 Å². The molecule has 0 aliphatic heterocycles. The zero-order valence-electron chi connectivity index (χ0n) is 12.5. The topological polar surface area (TPSA) is 61.6 Å². The lowest BCUT2D eigenvalue weighted by Gasteiger charge is -2.11. The van der Waals surface area contributed by atoms with Crippen molar-refractivity contribution in [1.29, 1.82) is 0 Å². The average Bonchev–Trinajstić information content (AvgIpc) is 2.54. The van der Waals surface area contributed by atoms with Crippen molar-refractivity contribution in [3.8, 4) is 11.5 Å². The molecule has 0 unspecified atom stereocenters. The van der Waals surface area contributed by atoms with E-state index in [1.54, 1.807) is 25.3 Å². The minimum Gasteiger partial charge on any atom is -0.497 e. The molecule has 2 rings (SSSR count). The highest BCUT2D eigenvalue weighted by molar-refractivity contribution is 5.60. The monoisotopic (exact) mass is 299 g/mol. The molecule has 0 aromatic heterocycles. The molecule has 0 amide bonds. The van der Waals surface area contributed by atoms with Gasteiger partial charge in [-0.1, -0.05) is 30.3 Å². The smallest absolute Gasteiger partial charge is 0.243 e. The van der Waals surface area contributed by atoms with Gasteiger partial charge in [-0.2, -0.15) is 0 Å². The molecular formula is C17H17NO4. The van der Waals surface area contributed by atoms with Gasteiger partial charge in [-0.05, 0) is 17.7 Å². The molecule has 5 heteroatoms. The number of hydrogen-bond donors (Lipinski definition) is 0. The van der Waals surface area contributed by atoms with Crippen LogP contribution in [0.15, 0.2) is 54.2 Å². The molecule has 2 aromatic carbocycles. The van der Waals surface area contributed by atoms with Gasteiger partial charge in [0.15, 0.2) is 0 Å². The Balaban J connectivity index is 2.26. The van der Waals surface area contributed by atoms with Gasteiger partial charge in [0, 0.05) is 24.6 Å². The van der Waals surface area contributed by atoms with Crippen LogP contribution in [-0.2, 0) is 6.61 Å². The van der Waals surface area contributed by atoms with Crippen molar-refractivity contribution in [3.63, 3.8) is 0 Å². The van der Waals surface area contributed by atoms with Crippen molar-refractivity contribution in [2.45, 2.75) is 13.5 Å². The van der Waals surface area contributed by atoms with Crippen molar-refractivity contribution in [2.24, 2.45) is 0 Å². The molecule has 5 nitrogen and oxygen atoms in total. The SMILES string of the molecule is COc1ccc(/C=C(\C)[N+](=O)[O-])c(OCc2ccccc2)c1. The Morgan fingerprint density at radius 3 is 2.59 bits per heavy atom. The third-order valence-corrected chi connectivity index (χ3v) is 3.11. The fourth-order valence-corrected chi connectivity index (χ4v) is 1.90. The van der Waals surface area contributed by atoms with E-state index in [9.17, 15) is 10.1 Å². The highest BCUT2D eigenvalue weighted by atomic mass is 16.6. The molecule has 2 aromatic rings. The van der Waals surface area contributed by atoms with Crippen LogP contribution in [0.1, 0.15) is 18.1 Å².